The zero-order valence-electron chi connectivity index (χ0n) is 14.6. The Morgan fingerprint density at radius 3 is 0.906 bits per heavy atom. The molecule has 20 nitrogen and oxygen atoms in total. The van der Waals surface area contributed by atoms with Crippen LogP contribution in [-0.2, 0) is 0 Å². The number of nitro benzene ring substituents is 6. The molecular formula is C12H4N6O14. The van der Waals surface area contributed by atoms with Gasteiger partial charge < -0.3 is 10.2 Å². The maximum atomic E-state index is 11.5. The van der Waals surface area contributed by atoms with Crippen LogP contribution in [-0.4, -0.2) is 39.8 Å². The van der Waals surface area contributed by atoms with E-state index in [1.54, 1.807) is 0 Å². The first-order valence-corrected chi connectivity index (χ1v) is 7.38. The van der Waals surface area contributed by atoms with Crippen LogP contribution in [0.2, 0.25) is 0 Å². The summed E-state index contributed by atoms with van der Waals surface area (Å²) in [6.07, 6.45) is 0. The van der Waals surface area contributed by atoms with Crippen LogP contribution in [0.1, 0.15) is 0 Å². The molecule has 0 aliphatic heterocycles. The van der Waals surface area contributed by atoms with Gasteiger partial charge in [-0.3, -0.25) is 60.7 Å². The number of hydrogen-bond donors (Lipinski definition) is 2. The van der Waals surface area contributed by atoms with Crippen molar-refractivity contribution in [2.75, 3.05) is 0 Å². The summed E-state index contributed by atoms with van der Waals surface area (Å²) in [6, 6.07) is -0.132. The predicted octanol–water partition coefficient (Wildman–Crippen LogP) is 2.21. The average Bonchev–Trinajstić information content (AvgIpc) is 2.65. The summed E-state index contributed by atoms with van der Waals surface area (Å²) in [5, 5.41) is 87.7. The average molecular weight is 456 g/mol. The Balaban J connectivity index is 3.37. The van der Waals surface area contributed by atoms with Gasteiger partial charge in [0.05, 0.1) is 41.7 Å². The summed E-state index contributed by atoms with van der Waals surface area (Å²) in [4.78, 5) is 58.5. The van der Waals surface area contributed by atoms with Crippen LogP contribution in [0.4, 0.5) is 34.1 Å². The largest absolute Gasteiger partial charge is 0.497 e. The number of rotatable bonds is 7. The second kappa shape index (κ2) is 7.69. The minimum atomic E-state index is -1.93. The molecule has 0 saturated carbocycles. The molecule has 0 radical (unpaired) electrons. The normalized spacial score (nSPS) is 10.4. The lowest BCUT2D eigenvalue weighted by Crippen LogP contribution is -2.06. The molecule has 2 N–H and O–H groups in total. The summed E-state index contributed by atoms with van der Waals surface area (Å²) >= 11 is 0. The van der Waals surface area contributed by atoms with Gasteiger partial charge in [-0.1, -0.05) is 0 Å². The molecule has 0 aliphatic rings. The van der Waals surface area contributed by atoms with E-state index in [2.05, 4.69) is 0 Å². The molecular weight excluding hydrogens is 452 g/mol. The Hall–Kier alpha value is -5.56. The van der Waals surface area contributed by atoms with Gasteiger partial charge in [-0.15, -0.1) is 0 Å². The number of phenols is 2. The van der Waals surface area contributed by atoms with Crippen molar-refractivity contribution in [3.63, 3.8) is 0 Å². The fraction of sp³-hybridized carbons (Fsp3) is 0. The summed E-state index contributed by atoms with van der Waals surface area (Å²) < 4.78 is 0. The summed E-state index contributed by atoms with van der Waals surface area (Å²) in [6.45, 7) is 0. The Bertz CT molecular complexity index is 1170. The Kier molecular flexibility index (Phi) is 5.46. The maximum Gasteiger partial charge on any atom is 0.333 e. The van der Waals surface area contributed by atoms with Gasteiger partial charge in [0.15, 0.2) is 11.1 Å². The van der Waals surface area contributed by atoms with Gasteiger partial charge in [0.2, 0.25) is 0 Å². The zero-order chi connectivity index (χ0) is 24.7. The van der Waals surface area contributed by atoms with Gasteiger partial charge in [0.25, 0.3) is 22.9 Å². The van der Waals surface area contributed by atoms with Crippen molar-refractivity contribution in [1.82, 2.24) is 0 Å². The molecule has 0 amide bonds. The van der Waals surface area contributed by atoms with Crippen LogP contribution in [0, 0.1) is 60.7 Å². The maximum absolute atomic E-state index is 11.5. The first kappa shape index (κ1) is 22.7. The Labute approximate surface area is 170 Å². The lowest BCUT2D eigenvalue weighted by molar-refractivity contribution is -0.406. The number of benzene rings is 2. The molecule has 0 aromatic heterocycles. The van der Waals surface area contributed by atoms with Crippen LogP contribution >= 0.6 is 0 Å². The highest BCUT2D eigenvalue weighted by molar-refractivity contribution is 5.98. The molecule has 0 bridgehead atoms. The third kappa shape index (κ3) is 3.44. The van der Waals surface area contributed by atoms with Gasteiger partial charge >= 0.3 is 22.7 Å². The molecule has 0 atom stereocenters. The highest BCUT2D eigenvalue weighted by Crippen LogP contribution is 2.56. The van der Waals surface area contributed by atoms with E-state index in [0.717, 1.165) is 0 Å². The fourth-order valence-electron chi connectivity index (χ4n) is 2.68. The second-order valence-corrected chi connectivity index (χ2v) is 5.52. The minimum Gasteiger partial charge on any atom is -0.497 e. The molecule has 0 unspecified atom stereocenters. The van der Waals surface area contributed by atoms with Crippen molar-refractivity contribution >= 4 is 34.1 Å². The van der Waals surface area contributed by atoms with E-state index in [1.807, 2.05) is 0 Å². The lowest BCUT2D eigenvalue weighted by atomic mass is 9.95. The van der Waals surface area contributed by atoms with Crippen molar-refractivity contribution in [2.24, 2.45) is 0 Å². The third-order valence-corrected chi connectivity index (χ3v) is 3.87. The number of hydrogen-bond acceptors (Lipinski definition) is 14. The summed E-state index contributed by atoms with van der Waals surface area (Å²) in [5.74, 6) is -3.72. The minimum absolute atomic E-state index is 0.0659. The van der Waals surface area contributed by atoms with E-state index in [-0.39, 0.29) is 12.1 Å². The third-order valence-electron chi connectivity index (χ3n) is 3.87. The standard InChI is InChI=1S/C12H4N6O14/c19-11-5(15(25)26)1-3(13(21)22)7(9(11)17(29)30)8-4(14(23)24)2-6(16(27)28)12(20)10(8)18(31)32/h1-2,19-20H. The molecule has 2 aromatic carbocycles. The second-order valence-electron chi connectivity index (χ2n) is 5.52. The first-order chi connectivity index (χ1) is 14.7. The van der Waals surface area contributed by atoms with Crippen LogP contribution in [0.5, 0.6) is 11.5 Å². The Morgan fingerprint density at radius 2 is 0.719 bits per heavy atom. The molecule has 0 saturated heterocycles. The Morgan fingerprint density at radius 1 is 0.469 bits per heavy atom. The van der Waals surface area contributed by atoms with Crippen molar-refractivity contribution in [2.45, 2.75) is 0 Å². The smallest absolute Gasteiger partial charge is 0.333 e. The van der Waals surface area contributed by atoms with Crippen molar-refractivity contribution in [3.8, 4) is 22.6 Å². The van der Waals surface area contributed by atoms with E-state index >= 15 is 0 Å². The molecule has 0 spiro atoms. The van der Waals surface area contributed by atoms with E-state index in [4.69, 9.17) is 0 Å². The van der Waals surface area contributed by atoms with Crippen LogP contribution in [0.3, 0.4) is 0 Å². The number of nitrogens with zero attached hydrogens (tertiary/aromatic N) is 6. The SMILES string of the molecule is O=[N+]([O-])c1cc([N+](=O)[O-])c(-c2c([N+](=O)[O-])cc([N+](=O)[O-])c(O)c2[N+](=O)[O-])c([N+](=O)[O-])c1O. The van der Waals surface area contributed by atoms with Crippen LogP contribution in [0.25, 0.3) is 11.1 Å². The van der Waals surface area contributed by atoms with Crippen LogP contribution in [0.15, 0.2) is 12.1 Å². The molecule has 32 heavy (non-hydrogen) atoms. The molecule has 0 heterocycles. The molecule has 2 aromatic rings. The lowest BCUT2D eigenvalue weighted by Gasteiger charge is -2.09. The zero-order valence-corrected chi connectivity index (χ0v) is 14.6. The highest BCUT2D eigenvalue weighted by Gasteiger charge is 2.47. The van der Waals surface area contributed by atoms with Gasteiger partial charge in [0.1, 0.15) is 0 Å². The van der Waals surface area contributed by atoms with Gasteiger partial charge in [-0.25, -0.2) is 0 Å². The molecule has 166 valence electrons. The monoisotopic (exact) mass is 456 g/mol. The number of aromatic hydroxyl groups is 2. The number of nitro groups is 6. The summed E-state index contributed by atoms with van der Waals surface area (Å²) in [7, 11) is 0. The molecule has 20 heteroatoms. The van der Waals surface area contributed by atoms with Gasteiger partial charge in [-0.2, -0.15) is 0 Å². The number of phenolic OH excluding ortho intramolecular Hbond substituents is 2. The van der Waals surface area contributed by atoms with Gasteiger partial charge in [0, 0.05) is 0 Å². The van der Waals surface area contributed by atoms with Crippen molar-refractivity contribution in [1.29, 1.82) is 0 Å². The molecule has 0 aliphatic carbocycles. The quantitative estimate of drug-likeness (QED) is 0.445. The van der Waals surface area contributed by atoms with E-state index in [9.17, 15) is 70.9 Å². The summed E-state index contributed by atoms with van der Waals surface area (Å²) in [5.41, 5.74) is -13.7. The highest BCUT2D eigenvalue weighted by atomic mass is 16.7. The fourth-order valence-corrected chi connectivity index (χ4v) is 2.68. The molecule has 0 fully saturated rings. The van der Waals surface area contributed by atoms with Crippen molar-refractivity contribution < 1.29 is 39.8 Å². The first-order valence-electron chi connectivity index (χ1n) is 7.38. The van der Waals surface area contributed by atoms with E-state index in [1.165, 1.54) is 0 Å². The topological polar surface area (TPSA) is 299 Å². The van der Waals surface area contributed by atoms with E-state index < -0.39 is 86.3 Å². The predicted molar refractivity (Wildman–Crippen MR) is 95.1 cm³/mol. The van der Waals surface area contributed by atoms with Gasteiger partial charge in [-0.05, 0) is 0 Å². The van der Waals surface area contributed by atoms with Crippen molar-refractivity contribution in [3.05, 3.63) is 72.8 Å². The van der Waals surface area contributed by atoms with Crippen LogP contribution < -0.4 is 0 Å². The van der Waals surface area contributed by atoms with E-state index in [0.29, 0.717) is 0 Å². The molecule has 2 rings (SSSR count).